The van der Waals surface area contributed by atoms with Crippen LogP contribution in [0.1, 0.15) is 36.5 Å². The van der Waals surface area contributed by atoms with Crippen LogP contribution in [0.25, 0.3) is 0 Å². The van der Waals surface area contributed by atoms with Crippen LogP contribution in [0.2, 0.25) is 0 Å². The first-order valence-electron chi connectivity index (χ1n) is 9.67. The summed E-state index contributed by atoms with van der Waals surface area (Å²) in [6.07, 6.45) is 4.98. The highest BCUT2D eigenvalue weighted by Crippen LogP contribution is 2.27. The van der Waals surface area contributed by atoms with E-state index in [0.717, 1.165) is 24.2 Å². The third kappa shape index (κ3) is 5.25. The Balaban J connectivity index is 1.85. The molecule has 29 heavy (non-hydrogen) atoms. The van der Waals surface area contributed by atoms with Crippen molar-refractivity contribution < 1.29 is 17.9 Å². The summed E-state index contributed by atoms with van der Waals surface area (Å²) < 4.78 is 33.7. The predicted octanol–water partition coefficient (Wildman–Crippen LogP) is 4.23. The average Bonchev–Trinajstić information content (AvgIpc) is 2.74. The van der Waals surface area contributed by atoms with Gasteiger partial charge in [-0.2, -0.15) is 0 Å². The highest BCUT2D eigenvalue weighted by molar-refractivity contribution is 7.98. The van der Waals surface area contributed by atoms with Gasteiger partial charge in [-0.15, -0.1) is 11.8 Å². The van der Waals surface area contributed by atoms with Gasteiger partial charge in [0.15, 0.2) is 0 Å². The van der Waals surface area contributed by atoms with Crippen LogP contribution >= 0.6 is 11.8 Å². The molecule has 0 bridgehead atoms. The van der Waals surface area contributed by atoms with E-state index in [1.165, 1.54) is 23.9 Å². The average molecular weight is 435 g/mol. The van der Waals surface area contributed by atoms with Crippen molar-refractivity contribution in [1.82, 2.24) is 4.90 Å². The predicted molar refractivity (Wildman–Crippen MR) is 116 cm³/mol. The second-order valence-corrected chi connectivity index (χ2v) is 9.31. The van der Waals surface area contributed by atoms with Crippen molar-refractivity contribution in [3.05, 3.63) is 48.0 Å². The van der Waals surface area contributed by atoms with Crippen molar-refractivity contribution in [3.8, 4) is 5.75 Å². The molecule has 0 radical (unpaired) electrons. The van der Waals surface area contributed by atoms with Crippen LogP contribution in [-0.2, 0) is 10.0 Å². The van der Waals surface area contributed by atoms with Crippen molar-refractivity contribution in [2.75, 3.05) is 30.7 Å². The fourth-order valence-corrected chi connectivity index (χ4v) is 4.94. The molecule has 0 spiro atoms. The van der Waals surface area contributed by atoms with Crippen LogP contribution in [0.3, 0.4) is 0 Å². The van der Waals surface area contributed by atoms with E-state index in [1.54, 1.807) is 30.3 Å². The van der Waals surface area contributed by atoms with E-state index in [9.17, 15) is 13.2 Å². The number of thioether (sulfide) groups is 1. The Morgan fingerprint density at radius 1 is 1.10 bits per heavy atom. The molecule has 0 aromatic heterocycles. The number of anilines is 1. The molecule has 8 heteroatoms. The Morgan fingerprint density at radius 3 is 2.41 bits per heavy atom. The number of carbonyl (C=O) groups is 1. The minimum absolute atomic E-state index is 0.0737. The summed E-state index contributed by atoms with van der Waals surface area (Å²) in [7, 11) is -3.82. The number of amides is 1. The Hall–Kier alpha value is -2.19. The fourth-order valence-electron chi connectivity index (χ4n) is 3.29. The molecule has 0 atom stereocenters. The van der Waals surface area contributed by atoms with Crippen LogP contribution in [0.5, 0.6) is 5.75 Å². The lowest BCUT2D eigenvalue weighted by Gasteiger charge is -2.27. The van der Waals surface area contributed by atoms with E-state index in [0.29, 0.717) is 36.7 Å². The summed E-state index contributed by atoms with van der Waals surface area (Å²) in [4.78, 5) is 15.7. The number of hydrogen-bond donors (Lipinski definition) is 1. The highest BCUT2D eigenvalue weighted by atomic mass is 32.2. The third-order valence-corrected chi connectivity index (χ3v) is 6.95. The lowest BCUT2D eigenvalue weighted by Crippen LogP contribution is -2.36. The Kier molecular flexibility index (Phi) is 7.08. The Bertz CT molecular complexity index is 953. The van der Waals surface area contributed by atoms with Gasteiger partial charge in [-0.3, -0.25) is 9.52 Å². The lowest BCUT2D eigenvalue weighted by atomic mass is 10.1. The maximum atomic E-state index is 13.0. The zero-order chi connectivity index (χ0) is 20.9. The molecule has 1 aliphatic rings. The van der Waals surface area contributed by atoms with Gasteiger partial charge in [-0.1, -0.05) is 0 Å². The summed E-state index contributed by atoms with van der Waals surface area (Å²) in [5.74, 6) is 0.571. The zero-order valence-corrected chi connectivity index (χ0v) is 18.3. The molecular formula is C21H26N2O4S2. The van der Waals surface area contributed by atoms with Crippen molar-refractivity contribution in [2.24, 2.45) is 0 Å². The van der Waals surface area contributed by atoms with E-state index in [-0.39, 0.29) is 10.8 Å². The van der Waals surface area contributed by atoms with E-state index in [1.807, 2.05) is 18.1 Å². The topological polar surface area (TPSA) is 75.7 Å². The van der Waals surface area contributed by atoms with Crippen molar-refractivity contribution in [1.29, 1.82) is 0 Å². The number of likely N-dealkylation sites (tertiary alicyclic amines) is 1. The van der Waals surface area contributed by atoms with Gasteiger partial charge in [-0.05, 0) is 74.9 Å². The molecule has 1 fully saturated rings. The van der Waals surface area contributed by atoms with Gasteiger partial charge in [-0.25, -0.2) is 8.42 Å². The Labute approximate surface area is 176 Å². The number of ether oxygens (including phenoxy) is 1. The first-order valence-corrected chi connectivity index (χ1v) is 12.4. The van der Waals surface area contributed by atoms with E-state index < -0.39 is 10.0 Å². The van der Waals surface area contributed by atoms with Gasteiger partial charge in [0.05, 0.1) is 17.1 Å². The number of benzene rings is 2. The molecule has 2 aromatic carbocycles. The molecule has 1 amide bonds. The quantitative estimate of drug-likeness (QED) is 0.660. The van der Waals surface area contributed by atoms with Crippen LogP contribution in [0.15, 0.2) is 52.3 Å². The molecule has 0 unspecified atom stereocenters. The number of carbonyl (C=O) groups excluding carboxylic acids is 1. The Morgan fingerprint density at radius 2 is 1.79 bits per heavy atom. The highest BCUT2D eigenvalue weighted by Gasteiger charge is 2.24. The SMILES string of the molecule is CCOc1ccc(NS(=O)(=O)c2ccc(SC)c(C(=O)N3CCCCC3)c2)cc1. The van der Waals surface area contributed by atoms with Crippen LogP contribution in [0.4, 0.5) is 5.69 Å². The lowest BCUT2D eigenvalue weighted by molar-refractivity contribution is 0.0720. The first kappa shape index (κ1) is 21.5. The molecule has 1 aliphatic heterocycles. The van der Waals surface area contributed by atoms with Gasteiger partial charge < -0.3 is 9.64 Å². The number of hydrogen-bond acceptors (Lipinski definition) is 5. The molecule has 0 aliphatic carbocycles. The number of nitrogens with zero attached hydrogens (tertiary/aromatic N) is 1. The van der Waals surface area contributed by atoms with E-state index >= 15 is 0 Å². The van der Waals surface area contributed by atoms with E-state index in [2.05, 4.69) is 4.72 Å². The molecule has 1 heterocycles. The number of nitrogens with one attached hydrogen (secondary N) is 1. The largest absolute Gasteiger partial charge is 0.494 e. The number of rotatable bonds is 7. The molecule has 2 aromatic rings. The van der Waals surface area contributed by atoms with Gasteiger partial charge in [0.25, 0.3) is 15.9 Å². The van der Waals surface area contributed by atoms with Crippen molar-refractivity contribution >= 4 is 33.4 Å². The van der Waals surface area contributed by atoms with Gasteiger partial charge >= 0.3 is 0 Å². The molecule has 6 nitrogen and oxygen atoms in total. The molecule has 1 saturated heterocycles. The standard InChI is InChI=1S/C21H26N2O4S2/c1-3-27-17-9-7-16(8-10-17)22-29(25,26)18-11-12-20(28-2)19(15-18)21(24)23-13-5-4-6-14-23/h7-12,15,22H,3-6,13-14H2,1-2H3. The summed E-state index contributed by atoms with van der Waals surface area (Å²) in [6.45, 7) is 3.86. The normalized spacial score (nSPS) is 14.5. The maximum Gasteiger partial charge on any atom is 0.261 e. The summed E-state index contributed by atoms with van der Waals surface area (Å²) in [6, 6.07) is 11.5. The number of sulfonamides is 1. The maximum absolute atomic E-state index is 13.0. The van der Waals surface area contributed by atoms with Gasteiger partial charge in [0.1, 0.15) is 5.75 Å². The number of piperidine rings is 1. The summed E-state index contributed by atoms with van der Waals surface area (Å²) in [5.41, 5.74) is 0.875. The monoisotopic (exact) mass is 434 g/mol. The van der Waals surface area contributed by atoms with E-state index in [4.69, 9.17) is 4.74 Å². The zero-order valence-electron chi connectivity index (χ0n) is 16.7. The summed E-state index contributed by atoms with van der Waals surface area (Å²) >= 11 is 1.44. The van der Waals surface area contributed by atoms with Crippen molar-refractivity contribution in [3.63, 3.8) is 0 Å². The third-order valence-electron chi connectivity index (χ3n) is 4.77. The fraction of sp³-hybridized carbons (Fsp3) is 0.381. The smallest absolute Gasteiger partial charge is 0.261 e. The molecular weight excluding hydrogens is 408 g/mol. The van der Waals surface area contributed by atoms with Gasteiger partial charge in [0.2, 0.25) is 0 Å². The molecule has 1 N–H and O–H groups in total. The molecule has 3 rings (SSSR count). The minimum Gasteiger partial charge on any atom is -0.494 e. The van der Waals surface area contributed by atoms with Crippen LogP contribution in [0, 0.1) is 0 Å². The second-order valence-electron chi connectivity index (χ2n) is 6.78. The minimum atomic E-state index is -3.82. The van der Waals surface area contributed by atoms with Gasteiger partial charge in [0, 0.05) is 23.7 Å². The second kappa shape index (κ2) is 9.54. The molecule has 156 valence electrons. The van der Waals surface area contributed by atoms with Crippen molar-refractivity contribution in [2.45, 2.75) is 36.0 Å². The summed E-state index contributed by atoms with van der Waals surface area (Å²) in [5, 5.41) is 0. The molecule has 0 saturated carbocycles. The van der Waals surface area contributed by atoms with Crippen LogP contribution in [-0.4, -0.2) is 45.2 Å². The first-order chi connectivity index (χ1) is 13.9. The van der Waals surface area contributed by atoms with Crippen LogP contribution < -0.4 is 9.46 Å².